The molecule has 1 saturated heterocycles. The molecule has 0 bridgehead atoms. The normalized spacial score (nSPS) is 16.0. The highest BCUT2D eigenvalue weighted by molar-refractivity contribution is 7.89. The molecule has 1 aromatic carbocycles. The number of rotatable bonds is 6. The van der Waals surface area contributed by atoms with E-state index in [4.69, 9.17) is 9.47 Å². The molecule has 1 aliphatic heterocycles. The van der Waals surface area contributed by atoms with Crippen molar-refractivity contribution in [2.75, 3.05) is 31.6 Å². The van der Waals surface area contributed by atoms with E-state index >= 15 is 0 Å². The van der Waals surface area contributed by atoms with Crippen LogP contribution in [-0.2, 0) is 24.3 Å². The molecule has 0 aliphatic carbocycles. The summed E-state index contributed by atoms with van der Waals surface area (Å²) in [7, 11) is -3.68. The first-order valence-corrected chi connectivity index (χ1v) is 10.4. The molecule has 2 aromatic rings. The quantitative estimate of drug-likeness (QED) is 0.702. The zero-order valence-corrected chi connectivity index (χ0v) is 16.6. The average Bonchev–Trinajstić information content (AvgIpc) is 2.75. The zero-order valence-electron chi connectivity index (χ0n) is 15.8. The molecule has 1 N–H and O–H groups in total. The van der Waals surface area contributed by atoms with Crippen molar-refractivity contribution in [3.05, 3.63) is 54.4 Å². The first-order chi connectivity index (χ1) is 13.9. The van der Waals surface area contributed by atoms with Crippen molar-refractivity contribution in [2.45, 2.75) is 17.9 Å². The van der Waals surface area contributed by atoms with E-state index < -0.39 is 28.0 Å². The van der Waals surface area contributed by atoms with E-state index in [9.17, 15) is 18.0 Å². The van der Waals surface area contributed by atoms with E-state index in [-0.39, 0.29) is 29.2 Å². The minimum atomic E-state index is -3.68. The number of anilines is 1. The van der Waals surface area contributed by atoms with Gasteiger partial charge in [-0.25, -0.2) is 13.2 Å². The van der Waals surface area contributed by atoms with Gasteiger partial charge in [0, 0.05) is 31.2 Å². The van der Waals surface area contributed by atoms with Crippen LogP contribution in [0.3, 0.4) is 0 Å². The number of carbonyl (C=O) groups is 2. The van der Waals surface area contributed by atoms with Crippen LogP contribution in [0.4, 0.5) is 5.69 Å². The summed E-state index contributed by atoms with van der Waals surface area (Å²) in [6.45, 7) is 2.68. The maximum absolute atomic E-state index is 12.7. The van der Waals surface area contributed by atoms with Gasteiger partial charge in [-0.2, -0.15) is 4.31 Å². The summed E-state index contributed by atoms with van der Waals surface area (Å²) >= 11 is 0. The Kier molecular flexibility index (Phi) is 6.57. The topological polar surface area (TPSA) is 115 Å². The highest BCUT2D eigenvalue weighted by Crippen LogP contribution is 2.21. The summed E-state index contributed by atoms with van der Waals surface area (Å²) in [6, 6.07) is 8.90. The van der Waals surface area contributed by atoms with Gasteiger partial charge in [-0.05, 0) is 37.3 Å². The van der Waals surface area contributed by atoms with Crippen molar-refractivity contribution in [1.82, 2.24) is 9.29 Å². The number of morpholine rings is 1. The SMILES string of the molecule is C[C@@H](OC(=O)c1ccncc1)C(=O)Nc1cccc(S(=O)(=O)N2CCOCC2)c1. The van der Waals surface area contributed by atoms with Crippen LogP contribution in [0, 0.1) is 0 Å². The monoisotopic (exact) mass is 419 g/mol. The molecule has 1 aliphatic rings. The van der Waals surface area contributed by atoms with Gasteiger partial charge in [0.1, 0.15) is 0 Å². The van der Waals surface area contributed by atoms with Gasteiger partial charge >= 0.3 is 5.97 Å². The molecule has 10 heteroatoms. The molecule has 1 amide bonds. The second-order valence-corrected chi connectivity index (χ2v) is 8.25. The van der Waals surface area contributed by atoms with Gasteiger partial charge in [0.15, 0.2) is 6.10 Å². The summed E-state index contributed by atoms with van der Waals surface area (Å²) in [5.74, 6) is -1.23. The van der Waals surface area contributed by atoms with Gasteiger partial charge in [0.2, 0.25) is 10.0 Å². The molecule has 1 atom stereocenters. The number of nitrogens with one attached hydrogen (secondary N) is 1. The summed E-state index contributed by atoms with van der Waals surface area (Å²) in [6.07, 6.45) is 1.82. The standard InChI is InChI=1S/C19H21N3O6S/c1-14(28-19(24)15-5-7-20-8-6-15)18(23)21-16-3-2-4-17(13-16)29(25,26)22-9-11-27-12-10-22/h2-8,13-14H,9-12H2,1H3,(H,21,23)/t14-/m1/s1. The van der Waals surface area contributed by atoms with Crippen molar-refractivity contribution in [1.29, 1.82) is 0 Å². The highest BCUT2D eigenvalue weighted by Gasteiger charge is 2.27. The number of sulfonamides is 1. The average molecular weight is 419 g/mol. The second kappa shape index (κ2) is 9.12. The maximum Gasteiger partial charge on any atom is 0.339 e. The van der Waals surface area contributed by atoms with Crippen LogP contribution in [0.2, 0.25) is 0 Å². The minimum absolute atomic E-state index is 0.0682. The Labute approximate surface area is 168 Å². The molecule has 1 aromatic heterocycles. The molecular formula is C19H21N3O6S. The molecule has 9 nitrogen and oxygen atoms in total. The molecule has 0 spiro atoms. The van der Waals surface area contributed by atoms with Gasteiger partial charge < -0.3 is 14.8 Å². The van der Waals surface area contributed by atoms with E-state index in [1.54, 1.807) is 6.07 Å². The van der Waals surface area contributed by atoms with Crippen molar-refractivity contribution in [3.8, 4) is 0 Å². The van der Waals surface area contributed by atoms with Crippen LogP contribution in [0.15, 0.2) is 53.7 Å². The largest absolute Gasteiger partial charge is 0.449 e. The molecule has 0 unspecified atom stereocenters. The number of benzene rings is 1. The van der Waals surface area contributed by atoms with Crippen LogP contribution < -0.4 is 5.32 Å². The second-order valence-electron chi connectivity index (χ2n) is 6.32. The smallest absolute Gasteiger partial charge is 0.339 e. The first-order valence-electron chi connectivity index (χ1n) is 8.98. The predicted octanol–water partition coefficient (Wildman–Crippen LogP) is 1.29. The van der Waals surface area contributed by atoms with Crippen LogP contribution >= 0.6 is 0 Å². The van der Waals surface area contributed by atoms with Crippen molar-refractivity contribution in [3.63, 3.8) is 0 Å². The van der Waals surface area contributed by atoms with Crippen molar-refractivity contribution in [2.24, 2.45) is 0 Å². The lowest BCUT2D eigenvalue weighted by molar-refractivity contribution is -0.123. The van der Waals surface area contributed by atoms with Crippen molar-refractivity contribution < 1.29 is 27.5 Å². The van der Waals surface area contributed by atoms with Gasteiger partial charge in [-0.15, -0.1) is 0 Å². The first kappa shape index (κ1) is 20.9. The number of aromatic nitrogens is 1. The van der Waals surface area contributed by atoms with Crippen LogP contribution in [0.25, 0.3) is 0 Å². The molecule has 1 fully saturated rings. The Morgan fingerprint density at radius 1 is 1.17 bits per heavy atom. The third-order valence-corrected chi connectivity index (χ3v) is 6.17. The van der Waals surface area contributed by atoms with Gasteiger partial charge in [-0.3, -0.25) is 9.78 Å². The molecule has 3 rings (SSSR count). The lowest BCUT2D eigenvalue weighted by atomic mass is 10.2. The maximum atomic E-state index is 12.7. The molecule has 2 heterocycles. The Bertz CT molecular complexity index is 974. The van der Waals surface area contributed by atoms with E-state index in [0.717, 1.165) is 0 Å². The Balaban J connectivity index is 1.66. The lowest BCUT2D eigenvalue weighted by Crippen LogP contribution is -2.40. The van der Waals surface area contributed by atoms with E-state index in [1.807, 2.05) is 0 Å². The minimum Gasteiger partial charge on any atom is -0.449 e. The van der Waals surface area contributed by atoms with Crippen LogP contribution in [-0.4, -0.2) is 62.0 Å². The fourth-order valence-corrected chi connectivity index (χ4v) is 4.14. The number of hydrogen-bond donors (Lipinski definition) is 1. The number of ether oxygens (including phenoxy) is 2. The van der Waals surface area contributed by atoms with Gasteiger partial charge in [-0.1, -0.05) is 6.07 Å². The molecular weight excluding hydrogens is 398 g/mol. The third kappa shape index (κ3) is 5.17. The molecule has 0 saturated carbocycles. The number of esters is 1. The molecule has 29 heavy (non-hydrogen) atoms. The highest BCUT2D eigenvalue weighted by atomic mass is 32.2. The number of hydrogen-bond acceptors (Lipinski definition) is 7. The summed E-state index contributed by atoms with van der Waals surface area (Å²) in [5, 5.41) is 2.58. The zero-order chi connectivity index (χ0) is 20.9. The fraction of sp³-hybridized carbons (Fsp3) is 0.316. The number of carbonyl (C=O) groups excluding carboxylic acids is 2. The van der Waals surface area contributed by atoms with Gasteiger partial charge in [0.25, 0.3) is 5.91 Å². The Morgan fingerprint density at radius 2 is 1.86 bits per heavy atom. The molecule has 0 radical (unpaired) electrons. The van der Waals surface area contributed by atoms with Crippen LogP contribution in [0.1, 0.15) is 17.3 Å². The lowest BCUT2D eigenvalue weighted by Gasteiger charge is -2.26. The predicted molar refractivity (Wildman–Crippen MR) is 104 cm³/mol. The summed E-state index contributed by atoms with van der Waals surface area (Å²) in [4.78, 5) is 28.3. The number of pyridine rings is 1. The third-order valence-electron chi connectivity index (χ3n) is 4.28. The van der Waals surface area contributed by atoms with E-state index in [0.29, 0.717) is 13.2 Å². The van der Waals surface area contributed by atoms with E-state index in [1.165, 1.54) is 54.0 Å². The molecule has 154 valence electrons. The Hall–Kier alpha value is -2.82. The summed E-state index contributed by atoms with van der Waals surface area (Å²) < 4.78 is 37.2. The Morgan fingerprint density at radius 3 is 2.55 bits per heavy atom. The number of nitrogens with zero attached hydrogens (tertiary/aromatic N) is 2. The number of amides is 1. The fourth-order valence-electron chi connectivity index (χ4n) is 2.68. The summed E-state index contributed by atoms with van der Waals surface area (Å²) in [5.41, 5.74) is 0.564. The van der Waals surface area contributed by atoms with Gasteiger partial charge in [0.05, 0.1) is 23.7 Å². The van der Waals surface area contributed by atoms with Crippen molar-refractivity contribution >= 4 is 27.6 Å². The van der Waals surface area contributed by atoms with Crippen LogP contribution in [0.5, 0.6) is 0 Å². The van der Waals surface area contributed by atoms with E-state index in [2.05, 4.69) is 10.3 Å².